The van der Waals surface area contributed by atoms with E-state index in [1.165, 1.54) is 25.9 Å². The molecule has 2 atom stereocenters. The molecule has 2 fully saturated rings. The molecule has 0 aromatic carbocycles. The monoisotopic (exact) mass is 139 g/mol. The molecular formula is C9H17N. The van der Waals surface area contributed by atoms with Gasteiger partial charge in [0, 0.05) is 0 Å². The third-order valence-electron chi connectivity index (χ3n) is 3.96. The predicted octanol–water partition coefficient (Wildman–Crippen LogP) is 1.64. The van der Waals surface area contributed by atoms with Crippen molar-refractivity contribution in [2.45, 2.75) is 26.7 Å². The van der Waals surface area contributed by atoms with Crippen LogP contribution in [-0.4, -0.2) is 13.1 Å². The van der Waals surface area contributed by atoms with Gasteiger partial charge in [-0.2, -0.15) is 0 Å². The van der Waals surface area contributed by atoms with Gasteiger partial charge in [0.15, 0.2) is 0 Å². The molecule has 2 rings (SSSR count). The van der Waals surface area contributed by atoms with E-state index in [2.05, 4.69) is 19.2 Å². The summed E-state index contributed by atoms with van der Waals surface area (Å²) in [6.45, 7) is 7.43. The van der Waals surface area contributed by atoms with Gasteiger partial charge in [0.1, 0.15) is 0 Å². The zero-order valence-corrected chi connectivity index (χ0v) is 6.98. The smallest absolute Gasteiger partial charge is 0.000292 e. The second-order valence-corrected chi connectivity index (χ2v) is 4.30. The summed E-state index contributed by atoms with van der Waals surface area (Å²) in [5.41, 5.74) is 0.714. The van der Waals surface area contributed by atoms with Crippen LogP contribution in [0.15, 0.2) is 0 Å². The Balaban J connectivity index is 2.00. The Morgan fingerprint density at radius 2 is 2.10 bits per heavy atom. The van der Waals surface area contributed by atoms with Crippen molar-refractivity contribution in [1.82, 2.24) is 5.32 Å². The summed E-state index contributed by atoms with van der Waals surface area (Å²) in [5.74, 6) is 1.98. The van der Waals surface area contributed by atoms with Crippen molar-refractivity contribution in [3.05, 3.63) is 0 Å². The lowest BCUT2D eigenvalue weighted by molar-refractivity contribution is -0.0262. The molecule has 1 saturated heterocycles. The van der Waals surface area contributed by atoms with Crippen molar-refractivity contribution in [3.8, 4) is 0 Å². The van der Waals surface area contributed by atoms with E-state index in [-0.39, 0.29) is 0 Å². The van der Waals surface area contributed by atoms with Crippen LogP contribution in [0, 0.1) is 17.3 Å². The molecule has 10 heavy (non-hydrogen) atoms. The molecule has 1 N–H and O–H groups in total. The van der Waals surface area contributed by atoms with E-state index in [1.54, 1.807) is 0 Å². The maximum Gasteiger partial charge on any atom is -0.000292 e. The van der Waals surface area contributed by atoms with E-state index in [4.69, 9.17) is 0 Å². The lowest BCUT2D eigenvalue weighted by Gasteiger charge is -2.54. The summed E-state index contributed by atoms with van der Waals surface area (Å²) in [7, 11) is 0. The van der Waals surface area contributed by atoms with Crippen molar-refractivity contribution < 1.29 is 0 Å². The molecule has 2 unspecified atom stereocenters. The van der Waals surface area contributed by atoms with Gasteiger partial charge in [-0.15, -0.1) is 0 Å². The molecule has 0 bridgehead atoms. The standard InChI is InChI=1S/C9H17N/c1-7-3-4-9(7,2)8-5-10-6-8/h7-8,10H,3-6H2,1-2H3. The van der Waals surface area contributed by atoms with Gasteiger partial charge in [-0.05, 0) is 43.2 Å². The molecule has 0 spiro atoms. The maximum absolute atomic E-state index is 3.36. The fraction of sp³-hybridized carbons (Fsp3) is 1.00. The second kappa shape index (κ2) is 1.97. The minimum absolute atomic E-state index is 0.714. The minimum atomic E-state index is 0.714. The molecule has 1 saturated carbocycles. The Bertz CT molecular complexity index is 140. The first-order chi connectivity index (χ1) is 4.73. The van der Waals surface area contributed by atoms with Gasteiger partial charge < -0.3 is 5.32 Å². The van der Waals surface area contributed by atoms with E-state index in [1.807, 2.05) is 0 Å². The van der Waals surface area contributed by atoms with Crippen LogP contribution in [-0.2, 0) is 0 Å². The fourth-order valence-electron chi connectivity index (χ4n) is 2.25. The molecule has 1 aliphatic heterocycles. The molecule has 0 radical (unpaired) electrons. The number of rotatable bonds is 1. The highest BCUT2D eigenvalue weighted by Gasteiger charge is 2.47. The number of hydrogen-bond acceptors (Lipinski definition) is 1. The minimum Gasteiger partial charge on any atom is -0.316 e. The third kappa shape index (κ3) is 0.672. The first kappa shape index (κ1) is 6.66. The lowest BCUT2D eigenvalue weighted by Crippen LogP contribution is -2.56. The Kier molecular flexibility index (Phi) is 1.31. The van der Waals surface area contributed by atoms with Crippen molar-refractivity contribution >= 4 is 0 Å². The van der Waals surface area contributed by atoms with Crippen LogP contribution in [0.5, 0.6) is 0 Å². The molecule has 0 aromatic rings. The molecule has 0 aromatic heterocycles. The van der Waals surface area contributed by atoms with E-state index in [9.17, 15) is 0 Å². The number of nitrogens with one attached hydrogen (secondary N) is 1. The maximum atomic E-state index is 3.36. The highest BCUT2D eigenvalue weighted by molar-refractivity contribution is 4.99. The summed E-state index contributed by atoms with van der Waals surface area (Å²) < 4.78 is 0. The third-order valence-corrected chi connectivity index (χ3v) is 3.96. The van der Waals surface area contributed by atoms with E-state index < -0.39 is 0 Å². The molecule has 58 valence electrons. The van der Waals surface area contributed by atoms with Crippen LogP contribution in [0.3, 0.4) is 0 Å². The molecule has 1 heterocycles. The van der Waals surface area contributed by atoms with Crippen molar-refractivity contribution in [2.75, 3.05) is 13.1 Å². The second-order valence-electron chi connectivity index (χ2n) is 4.30. The molecule has 1 nitrogen and oxygen atoms in total. The Hall–Kier alpha value is -0.0400. The highest BCUT2D eigenvalue weighted by atomic mass is 15.0. The Labute approximate surface area is 63.2 Å². The van der Waals surface area contributed by atoms with E-state index in [0.717, 1.165) is 11.8 Å². The topological polar surface area (TPSA) is 12.0 Å². The SMILES string of the molecule is CC1CCC1(C)C1CNC1. The zero-order valence-electron chi connectivity index (χ0n) is 6.98. The van der Waals surface area contributed by atoms with E-state index in [0.29, 0.717) is 5.41 Å². The van der Waals surface area contributed by atoms with Gasteiger partial charge in [-0.1, -0.05) is 13.8 Å². The largest absolute Gasteiger partial charge is 0.316 e. The summed E-state index contributed by atoms with van der Waals surface area (Å²) in [5, 5.41) is 3.36. The molecule has 2 aliphatic rings. The number of hydrogen-bond donors (Lipinski definition) is 1. The quantitative estimate of drug-likeness (QED) is 0.582. The molecule has 1 aliphatic carbocycles. The first-order valence-electron chi connectivity index (χ1n) is 4.44. The predicted molar refractivity (Wildman–Crippen MR) is 42.9 cm³/mol. The van der Waals surface area contributed by atoms with Gasteiger partial charge in [0.2, 0.25) is 0 Å². The van der Waals surface area contributed by atoms with Gasteiger partial charge in [0.05, 0.1) is 0 Å². The Morgan fingerprint density at radius 3 is 2.20 bits per heavy atom. The van der Waals surface area contributed by atoms with Crippen molar-refractivity contribution in [3.63, 3.8) is 0 Å². The van der Waals surface area contributed by atoms with Gasteiger partial charge in [-0.3, -0.25) is 0 Å². The summed E-state index contributed by atoms with van der Waals surface area (Å²) in [6.07, 6.45) is 2.94. The average Bonchev–Trinajstić information content (AvgIpc) is 1.81. The average molecular weight is 139 g/mol. The van der Waals surface area contributed by atoms with Crippen molar-refractivity contribution in [2.24, 2.45) is 17.3 Å². The van der Waals surface area contributed by atoms with E-state index >= 15 is 0 Å². The fourth-order valence-corrected chi connectivity index (χ4v) is 2.25. The van der Waals surface area contributed by atoms with Gasteiger partial charge >= 0.3 is 0 Å². The molecule has 1 heteroatoms. The summed E-state index contributed by atoms with van der Waals surface area (Å²) in [6, 6.07) is 0. The van der Waals surface area contributed by atoms with Crippen LogP contribution in [0.1, 0.15) is 26.7 Å². The molecular weight excluding hydrogens is 122 g/mol. The first-order valence-corrected chi connectivity index (χ1v) is 4.44. The van der Waals surface area contributed by atoms with Gasteiger partial charge in [-0.25, -0.2) is 0 Å². The van der Waals surface area contributed by atoms with Crippen LogP contribution in [0.25, 0.3) is 0 Å². The normalized spacial score (nSPS) is 48.0. The summed E-state index contributed by atoms with van der Waals surface area (Å²) in [4.78, 5) is 0. The van der Waals surface area contributed by atoms with Crippen LogP contribution in [0.4, 0.5) is 0 Å². The lowest BCUT2D eigenvalue weighted by atomic mass is 9.54. The zero-order chi connectivity index (χ0) is 7.19. The van der Waals surface area contributed by atoms with Gasteiger partial charge in [0.25, 0.3) is 0 Å². The Morgan fingerprint density at radius 1 is 1.40 bits per heavy atom. The van der Waals surface area contributed by atoms with Crippen LogP contribution < -0.4 is 5.32 Å². The van der Waals surface area contributed by atoms with Crippen LogP contribution >= 0.6 is 0 Å². The highest BCUT2D eigenvalue weighted by Crippen LogP contribution is 2.52. The van der Waals surface area contributed by atoms with Crippen LogP contribution in [0.2, 0.25) is 0 Å². The summed E-state index contributed by atoms with van der Waals surface area (Å²) >= 11 is 0. The molecule has 0 amide bonds. The van der Waals surface area contributed by atoms with Crippen molar-refractivity contribution in [1.29, 1.82) is 0 Å².